The highest BCUT2D eigenvalue weighted by Gasteiger charge is 2.33. The highest BCUT2D eigenvalue weighted by atomic mass is 32.2. The van der Waals surface area contributed by atoms with Gasteiger partial charge in [-0.2, -0.15) is 13.2 Å². The Balaban J connectivity index is 2.73. The third-order valence-electron chi connectivity index (χ3n) is 4.54. The molecule has 0 aliphatic rings. The van der Waals surface area contributed by atoms with Gasteiger partial charge in [-0.05, 0) is 50.1 Å². The SMILES string of the molecule is CCS(=O)(=O)c1cc(N(C)C)c(C)cc1/C(C)=N/c1cc(C(F)(F)F)ncc1C. The number of alkyl halides is 3. The van der Waals surface area contributed by atoms with E-state index >= 15 is 0 Å². The van der Waals surface area contributed by atoms with Gasteiger partial charge in [-0.25, -0.2) is 8.42 Å². The Kier molecular flexibility index (Phi) is 6.42. The Hall–Kier alpha value is -2.42. The number of hydrogen-bond donors (Lipinski definition) is 0. The van der Waals surface area contributed by atoms with Crippen LogP contribution >= 0.6 is 0 Å². The van der Waals surface area contributed by atoms with Crippen molar-refractivity contribution in [3.05, 3.63) is 46.8 Å². The molecule has 2 rings (SSSR count). The first-order valence-corrected chi connectivity index (χ1v) is 10.6. The highest BCUT2D eigenvalue weighted by molar-refractivity contribution is 7.91. The second-order valence-corrected chi connectivity index (χ2v) is 9.23. The quantitative estimate of drug-likeness (QED) is 0.648. The predicted octanol–water partition coefficient (Wildman–Crippen LogP) is 4.72. The zero-order valence-corrected chi connectivity index (χ0v) is 18.0. The Morgan fingerprint density at radius 3 is 2.28 bits per heavy atom. The Bertz CT molecular complexity index is 1060. The van der Waals surface area contributed by atoms with Crippen molar-refractivity contribution in [1.82, 2.24) is 4.98 Å². The molecule has 0 atom stereocenters. The van der Waals surface area contributed by atoms with Crippen molar-refractivity contribution < 1.29 is 21.6 Å². The van der Waals surface area contributed by atoms with Crippen molar-refractivity contribution in [3.63, 3.8) is 0 Å². The molecular formula is C20H24F3N3O2S. The molecule has 0 spiro atoms. The summed E-state index contributed by atoms with van der Waals surface area (Å²) in [6.45, 7) is 6.58. The van der Waals surface area contributed by atoms with Gasteiger partial charge < -0.3 is 4.90 Å². The lowest BCUT2D eigenvalue weighted by molar-refractivity contribution is -0.141. The summed E-state index contributed by atoms with van der Waals surface area (Å²) in [6.07, 6.45) is -3.48. The van der Waals surface area contributed by atoms with E-state index in [2.05, 4.69) is 9.98 Å². The molecule has 0 aliphatic heterocycles. The number of aryl methyl sites for hydroxylation is 2. The van der Waals surface area contributed by atoms with E-state index in [1.807, 2.05) is 25.9 Å². The van der Waals surface area contributed by atoms with Crippen LogP contribution in [0, 0.1) is 13.8 Å². The Morgan fingerprint density at radius 1 is 1.14 bits per heavy atom. The number of aliphatic imine (C=N–C) groups is 1. The standard InChI is InChI=1S/C20H24F3N3O2S/c1-7-29(27,28)18-10-17(26(5)6)12(2)8-15(18)14(4)25-16-9-19(20(21,22)23)24-11-13(16)3/h8-11H,7H2,1-6H3/b25-14+. The average Bonchev–Trinajstić information content (AvgIpc) is 2.61. The van der Waals surface area contributed by atoms with Gasteiger partial charge in [0, 0.05) is 37.3 Å². The van der Waals surface area contributed by atoms with Gasteiger partial charge in [0.15, 0.2) is 9.84 Å². The van der Waals surface area contributed by atoms with Crippen LogP contribution in [0.4, 0.5) is 24.5 Å². The van der Waals surface area contributed by atoms with Gasteiger partial charge in [-0.3, -0.25) is 9.98 Å². The first kappa shape index (κ1) is 22.9. The van der Waals surface area contributed by atoms with Crippen molar-refractivity contribution >= 4 is 26.9 Å². The summed E-state index contributed by atoms with van der Waals surface area (Å²) in [4.78, 5) is 9.65. The van der Waals surface area contributed by atoms with E-state index < -0.39 is 21.7 Å². The molecule has 0 bridgehead atoms. The number of sulfone groups is 1. The molecule has 2 aromatic rings. The minimum absolute atomic E-state index is 0.0963. The number of rotatable bonds is 5. The summed E-state index contributed by atoms with van der Waals surface area (Å²) in [5, 5.41) is 0. The van der Waals surface area contributed by atoms with Crippen LogP contribution in [0.2, 0.25) is 0 Å². The summed E-state index contributed by atoms with van der Waals surface area (Å²) in [7, 11) is 0.0393. The Morgan fingerprint density at radius 2 is 1.76 bits per heavy atom. The summed E-state index contributed by atoms with van der Waals surface area (Å²) in [6, 6.07) is 4.16. The number of hydrogen-bond acceptors (Lipinski definition) is 5. The molecule has 0 N–H and O–H groups in total. The number of halogens is 3. The fourth-order valence-corrected chi connectivity index (χ4v) is 4.03. The van der Waals surface area contributed by atoms with E-state index in [0.717, 1.165) is 23.5 Å². The van der Waals surface area contributed by atoms with Gasteiger partial charge in [0.25, 0.3) is 0 Å². The van der Waals surface area contributed by atoms with Gasteiger partial charge in [0.2, 0.25) is 0 Å². The van der Waals surface area contributed by atoms with Gasteiger partial charge in [0.05, 0.1) is 16.3 Å². The smallest absolute Gasteiger partial charge is 0.377 e. The number of anilines is 1. The molecule has 29 heavy (non-hydrogen) atoms. The van der Waals surface area contributed by atoms with Gasteiger partial charge in [-0.1, -0.05) is 6.92 Å². The van der Waals surface area contributed by atoms with Crippen LogP contribution in [0.15, 0.2) is 34.3 Å². The monoisotopic (exact) mass is 427 g/mol. The molecule has 0 fully saturated rings. The molecule has 5 nitrogen and oxygen atoms in total. The van der Waals surface area contributed by atoms with Crippen molar-refractivity contribution in [2.24, 2.45) is 4.99 Å². The van der Waals surface area contributed by atoms with E-state index in [1.54, 1.807) is 32.9 Å². The van der Waals surface area contributed by atoms with Crippen LogP contribution < -0.4 is 4.90 Å². The van der Waals surface area contributed by atoms with Gasteiger partial charge in [-0.15, -0.1) is 0 Å². The lowest BCUT2D eigenvalue weighted by atomic mass is 10.1. The zero-order valence-electron chi connectivity index (χ0n) is 17.2. The Labute approximate surface area is 169 Å². The van der Waals surface area contributed by atoms with Crippen LogP contribution in [0.25, 0.3) is 0 Å². The van der Waals surface area contributed by atoms with Gasteiger partial charge in [0.1, 0.15) is 5.69 Å². The summed E-state index contributed by atoms with van der Waals surface area (Å²) in [5.41, 5.74) is 1.77. The maximum Gasteiger partial charge on any atom is 0.433 e. The summed E-state index contributed by atoms with van der Waals surface area (Å²) in [5.74, 6) is -0.101. The average molecular weight is 427 g/mol. The lowest BCUT2D eigenvalue weighted by Crippen LogP contribution is -2.15. The van der Waals surface area contributed by atoms with E-state index in [9.17, 15) is 21.6 Å². The molecular weight excluding hydrogens is 403 g/mol. The maximum absolute atomic E-state index is 13.0. The zero-order chi connectivity index (χ0) is 22.1. The van der Waals surface area contributed by atoms with Crippen molar-refractivity contribution in [3.8, 4) is 0 Å². The number of pyridine rings is 1. The van der Waals surface area contributed by atoms with Crippen LogP contribution in [0.5, 0.6) is 0 Å². The molecule has 1 aromatic heterocycles. The van der Waals surface area contributed by atoms with E-state index in [1.165, 1.54) is 0 Å². The molecule has 0 saturated carbocycles. The lowest BCUT2D eigenvalue weighted by Gasteiger charge is -2.20. The maximum atomic E-state index is 13.0. The van der Waals surface area contributed by atoms with Crippen LogP contribution in [-0.4, -0.2) is 39.0 Å². The molecule has 0 saturated heterocycles. The van der Waals surface area contributed by atoms with Crippen molar-refractivity contribution in [1.29, 1.82) is 0 Å². The van der Waals surface area contributed by atoms with Gasteiger partial charge >= 0.3 is 6.18 Å². The minimum Gasteiger partial charge on any atom is -0.377 e. The van der Waals surface area contributed by atoms with Crippen LogP contribution in [0.3, 0.4) is 0 Å². The third kappa shape index (κ3) is 4.95. The van der Waals surface area contributed by atoms with Crippen LogP contribution in [0.1, 0.15) is 36.2 Å². The molecule has 9 heteroatoms. The number of aromatic nitrogens is 1. The molecule has 0 aliphatic carbocycles. The third-order valence-corrected chi connectivity index (χ3v) is 6.31. The van der Waals surface area contributed by atoms with Crippen LogP contribution in [-0.2, 0) is 16.0 Å². The predicted molar refractivity (Wildman–Crippen MR) is 109 cm³/mol. The second kappa shape index (κ2) is 8.14. The first-order valence-electron chi connectivity index (χ1n) is 8.92. The molecule has 0 amide bonds. The first-order chi connectivity index (χ1) is 13.3. The normalized spacial score (nSPS) is 12.9. The van der Waals surface area contributed by atoms with E-state index in [4.69, 9.17) is 0 Å². The molecule has 0 unspecified atom stereocenters. The molecule has 0 radical (unpaired) electrons. The fourth-order valence-electron chi connectivity index (χ4n) is 2.88. The summed E-state index contributed by atoms with van der Waals surface area (Å²) >= 11 is 0. The molecule has 158 valence electrons. The number of nitrogens with zero attached hydrogens (tertiary/aromatic N) is 3. The topological polar surface area (TPSA) is 62.6 Å². The second-order valence-electron chi connectivity index (χ2n) is 6.98. The highest BCUT2D eigenvalue weighted by Crippen LogP contribution is 2.33. The molecule has 1 aromatic carbocycles. The fraction of sp³-hybridized carbons (Fsp3) is 0.400. The minimum atomic E-state index is -4.59. The summed E-state index contributed by atoms with van der Waals surface area (Å²) < 4.78 is 64.4. The van der Waals surface area contributed by atoms with Crippen molar-refractivity contribution in [2.75, 3.05) is 24.7 Å². The van der Waals surface area contributed by atoms with E-state index in [-0.39, 0.29) is 16.3 Å². The number of benzene rings is 1. The van der Waals surface area contributed by atoms with E-state index in [0.29, 0.717) is 16.8 Å². The van der Waals surface area contributed by atoms with Crippen molar-refractivity contribution in [2.45, 2.75) is 38.8 Å². The molecule has 1 heterocycles. The largest absolute Gasteiger partial charge is 0.433 e.